The molecule has 0 radical (unpaired) electrons. The predicted octanol–water partition coefficient (Wildman–Crippen LogP) is 5.99. The molecule has 0 saturated carbocycles. The van der Waals surface area contributed by atoms with Crippen LogP contribution in [0.4, 0.5) is 0 Å². The van der Waals surface area contributed by atoms with E-state index in [2.05, 4.69) is 47.1 Å². The fourth-order valence-corrected chi connectivity index (χ4v) is 5.92. The fourth-order valence-electron chi connectivity index (χ4n) is 3.98. The summed E-state index contributed by atoms with van der Waals surface area (Å²) in [6, 6.07) is 23.4. The standard InChI is InChI=1S/C24H24BrNO2S/c1-17-3-7-19(8-4-17)21-15-24(20-9-11-22(25)12-10-20)26(16-21)29(27,28)23-13-5-18(2)6-14-23/h3-14,21,24H,15-16H2,1-2H3. The van der Waals surface area contributed by atoms with E-state index in [0.717, 1.165) is 22.0 Å². The maximum absolute atomic E-state index is 13.5. The fraction of sp³-hybridized carbons (Fsp3) is 0.250. The zero-order valence-corrected chi connectivity index (χ0v) is 18.9. The monoisotopic (exact) mass is 469 g/mol. The molecule has 3 aromatic rings. The Morgan fingerprint density at radius 3 is 1.90 bits per heavy atom. The van der Waals surface area contributed by atoms with Crippen LogP contribution in [0.3, 0.4) is 0 Å². The molecule has 1 aliphatic heterocycles. The molecule has 0 aliphatic carbocycles. The van der Waals surface area contributed by atoms with Crippen molar-refractivity contribution in [2.75, 3.05) is 6.54 Å². The predicted molar refractivity (Wildman–Crippen MR) is 120 cm³/mol. The summed E-state index contributed by atoms with van der Waals surface area (Å²) in [5.74, 6) is 0.171. The minimum absolute atomic E-state index is 0.171. The Morgan fingerprint density at radius 2 is 1.31 bits per heavy atom. The molecule has 29 heavy (non-hydrogen) atoms. The average molecular weight is 470 g/mol. The van der Waals surface area contributed by atoms with Crippen molar-refractivity contribution in [3.63, 3.8) is 0 Å². The molecular weight excluding hydrogens is 446 g/mol. The van der Waals surface area contributed by atoms with Gasteiger partial charge in [-0.05, 0) is 61.6 Å². The third-order valence-electron chi connectivity index (χ3n) is 5.69. The van der Waals surface area contributed by atoms with Crippen molar-refractivity contribution in [2.45, 2.75) is 37.1 Å². The van der Waals surface area contributed by atoms with Gasteiger partial charge in [0.25, 0.3) is 0 Å². The highest BCUT2D eigenvalue weighted by atomic mass is 79.9. The maximum atomic E-state index is 13.5. The lowest BCUT2D eigenvalue weighted by molar-refractivity contribution is 0.396. The summed E-state index contributed by atoms with van der Waals surface area (Å²) in [7, 11) is -3.59. The van der Waals surface area contributed by atoms with Crippen molar-refractivity contribution in [3.05, 3.63) is 99.5 Å². The van der Waals surface area contributed by atoms with Gasteiger partial charge in [-0.3, -0.25) is 0 Å². The summed E-state index contributed by atoms with van der Waals surface area (Å²) in [6.07, 6.45) is 0.774. The highest BCUT2D eigenvalue weighted by molar-refractivity contribution is 9.10. The van der Waals surface area contributed by atoms with Crippen LogP contribution in [0.5, 0.6) is 0 Å². The van der Waals surface area contributed by atoms with Crippen molar-refractivity contribution in [1.29, 1.82) is 0 Å². The largest absolute Gasteiger partial charge is 0.243 e. The zero-order chi connectivity index (χ0) is 20.6. The van der Waals surface area contributed by atoms with Gasteiger partial charge in [-0.1, -0.05) is 75.6 Å². The van der Waals surface area contributed by atoms with Crippen LogP contribution in [0.1, 0.15) is 40.6 Å². The molecule has 1 aliphatic rings. The molecule has 0 bridgehead atoms. The Kier molecular flexibility index (Phi) is 5.65. The van der Waals surface area contributed by atoms with Crippen LogP contribution < -0.4 is 0 Å². The molecule has 5 heteroatoms. The first-order valence-electron chi connectivity index (χ1n) is 9.75. The van der Waals surface area contributed by atoms with Gasteiger partial charge in [-0.15, -0.1) is 0 Å². The normalized spacial score (nSPS) is 20.1. The Morgan fingerprint density at radius 1 is 0.793 bits per heavy atom. The molecular formula is C24H24BrNO2S. The Hall–Kier alpha value is -1.95. The molecule has 0 spiro atoms. The van der Waals surface area contributed by atoms with Gasteiger partial charge in [0.1, 0.15) is 0 Å². The van der Waals surface area contributed by atoms with Gasteiger partial charge in [0, 0.05) is 11.0 Å². The van der Waals surface area contributed by atoms with Crippen molar-refractivity contribution >= 4 is 26.0 Å². The van der Waals surface area contributed by atoms with Crippen molar-refractivity contribution < 1.29 is 8.42 Å². The number of halogens is 1. The van der Waals surface area contributed by atoms with Gasteiger partial charge in [0.2, 0.25) is 10.0 Å². The van der Waals surface area contributed by atoms with Crippen molar-refractivity contribution in [3.8, 4) is 0 Å². The van der Waals surface area contributed by atoms with E-state index in [4.69, 9.17) is 0 Å². The molecule has 4 rings (SSSR count). The van der Waals surface area contributed by atoms with Gasteiger partial charge in [0.05, 0.1) is 10.9 Å². The molecule has 2 atom stereocenters. The quantitative estimate of drug-likeness (QED) is 0.470. The van der Waals surface area contributed by atoms with Crippen LogP contribution in [0.25, 0.3) is 0 Å². The number of hydrogen-bond acceptors (Lipinski definition) is 2. The van der Waals surface area contributed by atoms with Crippen molar-refractivity contribution in [2.24, 2.45) is 0 Å². The number of aryl methyl sites for hydroxylation is 2. The minimum atomic E-state index is -3.59. The van der Waals surface area contributed by atoms with E-state index in [-0.39, 0.29) is 12.0 Å². The first kappa shape index (κ1) is 20.3. The maximum Gasteiger partial charge on any atom is 0.243 e. The summed E-state index contributed by atoms with van der Waals surface area (Å²) >= 11 is 3.48. The van der Waals surface area contributed by atoms with Gasteiger partial charge in [0.15, 0.2) is 0 Å². The van der Waals surface area contributed by atoms with Crippen LogP contribution in [-0.4, -0.2) is 19.3 Å². The molecule has 0 amide bonds. The van der Waals surface area contributed by atoms with Gasteiger partial charge in [-0.25, -0.2) is 8.42 Å². The van der Waals surface area contributed by atoms with Gasteiger partial charge >= 0.3 is 0 Å². The first-order valence-corrected chi connectivity index (χ1v) is 12.0. The molecule has 2 unspecified atom stereocenters. The first-order chi connectivity index (χ1) is 13.8. The van der Waals surface area contributed by atoms with E-state index in [1.165, 1.54) is 11.1 Å². The second kappa shape index (κ2) is 8.05. The molecule has 3 aromatic carbocycles. The molecule has 0 N–H and O–H groups in total. The Labute approximate surface area is 181 Å². The van der Waals surface area contributed by atoms with E-state index in [9.17, 15) is 8.42 Å². The minimum Gasteiger partial charge on any atom is -0.207 e. The lowest BCUT2D eigenvalue weighted by Gasteiger charge is -2.24. The van der Waals surface area contributed by atoms with Crippen LogP contribution in [0.15, 0.2) is 82.2 Å². The lowest BCUT2D eigenvalue weighted by Crippen LogP contribution is -2.31. The molecule has 1 saturated heterocycles. The summed E-state index contributed by atoms with van der Waals surface area (Å²) < 4.78 is 29.8. The van der Waals surface area contributed by atoms with E-state index >= 15 is 0 Å². The third kappa shape index (κ3) is 4.18. The molecule has 0 aromatic heterocycles. The van der Waals surface area contributed by atoms with Crippen molar-refractivity contribution in [1.82, 2.24) is 4.31 Å². The Balaban J connectivity index is 1.74. The summed E-state index contributed by atoms with van der Waals surface area (Å²) in [5.41, 5.74) is 4.48. The highest BCUT2D eigenvalue weighted by Crippen LogP contribution is 2.43. The molecule has 150 valence electrons. The van der Waals surface area contributed by atoms with E-state index < -0.39 is 10.0 Å². The van der Waals surface area contributed by atoms with Crippen LogP contribution in [0, 0.1) is 13.8 Å². The smallest absolute Gasteiger partial charge is 0.207 e. The average Bonchev–Trinajstić information content (AvgIpc) is 3.16. The number of hydrogen-bond donors (Lipinski definition) is 0. The topological polar surface area (TPSA) is 37.4 Å². The summed E-state index contributed by atoms with van der Waals surface area (Å²) in [5, 5.41) is 0. The summed E-state index contributed by atoms with van der Waals surface area (Å²) in [4.78, 5) is 0.356. The number of benzene rings is 3. The highest BCUT2D eigenvalue weighted by Gasteiger charge is 2.41. The Bertz CT molecular complexity index is 1090. The van der Waals surface area contributed by atoms with Crippen LogP contribution >= 0.6 is 15.9 Å². The van der Waals surface area contributed by atoms with Crippen LogP contribution in [0.2, 0.25) is 0 Å². The second-order valence-electron chi connectivity index (χ2n) is 7.80. The van der Waals surface area contributed by atoms with E-state index in [1.54, 1.807) is 16.4 Å². The third-order valence-corrected chi connectivity index (χ3v) is 8.10. The molecule has 1 fully saturated rings. The van der Waals surface area contributed by atoms with Crippen LogP contribution in [-0.2, 0) is 10.0 Å². The number of nitrogens with zero attached hydrogens (tertiary/aromatic N) is 1. The van der Waals surface area contributed by atoms with Gasteiger partial charge < -0.3 is 0 Å². The lowest BCUT2D eigenvalue weighted by atomic mass is 9.93. The van der Waals surface area contributed by atoms with E-state index in [0.29, 0.717) is 11.4 Å². The molecule has 1 heterocycles. The second-order valence-corrected chi connectivity index (χ2v) is 10.6. The number of rotatable bonds is 4. The number of sulfonamides is 1. The van der Waals surface area contributed by atoms with E-state index in [1.807, 2.05) is 43.3 Å². The summed E-state index contributed by atoms with van der Waals surface area (Å²) in [6.45, 7) is 4.52. The molecule has 3 nitrogen and oxygen atoms in total. The SMILES string of the molecule is Cc1ccc(C2CC(c3ccc(Br)cc3)N(S(=O)(=O)c3ccc(C)cc3)C2)cc1. The van der Waals surface area contributed by atoms with Gasteiger partial charge in [-0.2, -0.15) is 4.31 Å². The zero-order valence-electron chi connectivity index (χ0n) is 16.5.